The third-order valence-electron chi connectivity index (χ3n) is 4.18. The molecule has 2 aliphatic rings. The summed E-state index contributed by atoms with van der Waals surface area (Å²) in [4.78, 5) is 13.8. The predicted octanol–water partition coefficient (Wildman–Crippen LogP) is 1.08. The lowest BCUT2D eigenvalue weighted by molar-refractivity contribution is 0.00801. The minimum Gasteiger partial charge on any atom is -0.444 e. The van der Waals surface area contributed by atoms with Gasteiger partial charge in [0.1, 0.15) is 5.60 Å². The normalized spacial score (nSPS) is 25.5. The maximum absolute atomic E-state index is 12.0. The zero-order chi connectivity index (χ0) is 16.6. The van der Waals surface area contributed by atoms with Gasteiger partial charge in [-0.3, -0.25) is 0 Å². The molecule has 1 spiro atoms. The van der Waals surface area contributed by atoms with Crippen LogP contribution in [0.5, 0.6) is 0 Å². The summed E-state index contributed by atoms with van der Waals surface area (Å²) in [5, 5.41) is 5.08. The molecule has 0 aromatic carbocycles. The van der Waals surface area contributed by atoms with Crippen LogP contribution in [0, 0.1) is 5.41 Å². The first kappa shape index (κ1) is 17.5. The Kier molecular flexibility index (Phi) is 4.75. The Hall–Kier alpha value is -0.860. The lowest BCUT2D eigenvalue weighted by Gasteiger charge is -2.38. The number of hydrogen-bond acceptors (Lipinski definition) is 5. The smallest absolute Gasteiger partial charge is 0.410 e. The molecule has 2 fully saturated rings. The second kappa shape index (κ2) is 5.98. The van der Waals surface area contributed by atoms with Crippen molar-refractivity contribution < 1.29 is 22.7 Å². The first-order chi connectivity index (χ1) is 9.98. The Bertz CT molecular complexity index is 518. The predicted molar refractivity (Wildman–Crippen MR) is 81.8 cm³/mol. The molecule has 1 amide bonds. The van der Waals surface area contributed by atoms with Gasteiger partial charge >= 0.3 is 6.09 Å². The summed E-state index contributed by atoms with van der Waals surface area (Å²) in [5.41, 5.74) is -0.531. The van der Waals surface area contributed by atoms with Crippen LogP contribution < -0.4 is 5.14 Å². The number of carbonyl (C=O) groups excluding carboxylic acids is 1. The molecule has 22 heavy (non-hydrogen) atoms. The Morgan fingerprint density at radius 2 is 1.95 bits per heavy atom. The molecule has 0 bridgehead atoms. The zero-order valence-corrected chi connectivity index (χ0v) is 14.3. The van der Waals surface area contributed by atoms with E-state index in [2.05, 4.69) is 0 Å². The molecule has 2 heterocycles. The summed E-state index contributed by atoms with van der Waals surface area (Å²) >= 11 is 0. The highest BCUT2D eigenvalue weighted by Crippen LogP contribution is 2.42. The number of sulfonamides is 1. The Labute approximate surface area is 132 Å². The fourth-order valence-corrected chi connectivity index (χ4v) is 3.83. The maximum atomic E-state index is 12.0. The van der Waals surface area contributed by atoms with Gasteiger partial charge in [-0.25, -0.2) is 18.4 Å². The maximum Gasteiger partial charge on any atom is 0.410 e. The number of primary sulfonamides is 1. The van der Waals surface area contributed by atoms with Gasteiger partial charge in [0, 0.05) is 13.1 Å². The van der Waals surface area contributed by atoms with Crippen LogP contribution in [0.4, 0.5) is 4.79 Å². The summed E-state index contributed by atoms with van der Waals surface area (Å²) in [6.07, 6.45) is 1.66. The molecule has 0 aromatic rings. The van der Waals surface area contributed by atoms with E-state index in [1.54, 1.807) is 4.90 Å². The van der Waals surface area contributed by atoms with Gasteiger partial charge in [-0.15, -0.1) is 0 Å². The molecule has 1 atom stereocenters. The first-order valence-corrected chi connectivity index (χ1v) is 9.30. The van der Waals surface area contributed by atoms with Crippen LogP contribution in [-0.4, -0.2) is 56.6 Å². The van der Waals surface area contributed by atoms with Gasteiger partial charge < -0.3 is 14.4 Å². The number of rotatable bonds is 2. The molecular formula is C14H26N2O5S. The largest absolute Gasteiger partial charge is 0.444 e. The average Bonchev–Trinajstić information content (AvgIpc) is 2.68. The van der Waals surface area contributed by atoms with Gasteiger partial charge in [0.05, 0.1) is 18.5 Å². The van der Waals surface area contributed by atoms with Gasteiger partial charge in [-0.05, 0) is 45.4 Å². The van der Waals surface area contributed by atoms with Crippen LogP contribution in [0.1, 0.15) is 40.0 Å². The highest BCUT2D eigenvalue weighted by atomic mass is 32.2. The Morgan fingerprint density at radius 1 is 1.36 bits per heavy atom. The Balaban J connectivity index is 1.86. The van der Waals surface area contributed by atoms with Crippen LogP contribution in [0.15, 0.2) is 0 Å². The third-order valence-corrected chi connectivity index (χ3v) is 5.02. The zero-order valence-electron chi connectivity index (χ0n) is 13.5. The monoisotopic (exact) mass is 334 g/mol. The SMILES string of the molecule is CC(C)(C)OC(=O)N1CCC2(CC1)COC(CS(N)(=O)=O)C2. The number of nitrogens with zero attached hydrogens (tertiary/aromatic N) is 1. The molecule has 8 heteroatoms. The van der Waals surface area contributed by atoms with E-state index in [0.717, 1.165) is 12.8 Å². The minimum atomic E-state index is -3.52. The number of piperidine rings is 1. The molecule has 1 unspecified atom stereocenters. The Morgan fingerprint density at radius 3 is 2.45 bits per heavy atom. The van der Waals surface area contributed by atoms with Crippen molar-refractivity contribution in [2.75, 3.05) is 25.4 Å². The van der Waals surface area contributed by atoms with E-state index in [-0.39, 0.29) is 23.4 Å². The number of likely N-dealkylation sites (tertiary alicyclic amines) is 1. The van der Waals surface area contributed by atoms with Crippen molar-refractivity contribution >= 4 is 16.1 Å². The van der Waals surface area contributed by atoms with E-state index in [9.17, 15) is 13.2 Å². The highest BCUT2D eigenvalue weighted by molar-refractivity contribution is 7.89. The van der Waals surface area contributed by atoms with Crippen molar-refractivity contribution in [3.63, 3.8) is 0 Å². The second-order valence-corrected chi connectivity index (χ2v) is 9.09. The number of carbonyl (C=O) groups is 1. The molecule has 2 N–H and O–H groups in total. The molecule has 0 radical (unpaired) electrons. The van der Waals surface area contributed by atoms with Crippen molar-refractivity contribution in [2.45, 2.75) is 51.7 Å². The van der Waals surface area contributed by atoms with Crippen LogP contribution in [-0.2, 0) is 19.5 Å². The fraction of sp³-hybridized carbons (Fsp3) is 0.929. The lowest BCUT2D eigenvalue weighted by atomic mass is 9.77. The van der Waals surface area contributed by atoms with E-state index < -0.39 is 15.6 Å². The first-order valence-electron chi connectivity index (χ1n) is 7.58. The summed E-state index contributed by atoms with van der Waals surface area (Å²) in [7, 11) is -3.52. The molecule has 2 aliphatic heterocycles. The van der Waals surface area contributed by atoms with E-state index in [1.807, 2.05) is 20.8 Å². The van der Waals surface area contributed by atoms with Gasteiger partial charge in [0.15, 0.2) is 0 Å². The standard InChI is InChI=1S/C14H26N2O5S/c1-13(2,3)21-12(17)16-6-4-14(5-7-16)8-11(20-10-14)9-22(15,18)19/h11H,4-10H2,1-3H3,(H2,15,18,19). The molecule has 0 saturated carbocycles. The quantitative estimate of drug-likeness (QED) is 0.815. The highest BCUT2D eigenvalue weighted by Gasteiger charge is 2.44. The van der Waals surface area contributed by atoms with Crippen LogP contribution in [0.25, 0.3) is 0 Å². The van der Waals surface area contributed by atoms with E-state index in [0.29, 0.717) is 26.1 Å². The van der Waals surface area contributed by atoms with Gasteiger partial charge in [-0.2, -0.15) is 0 Å². The molecule has 2 rings (SSSR count). The van der Waals surface area contributed by atoms with Crippen molar-refractivity contribution in [1.29, 1.82) is 0 Å². The van der Waals surface area contributed by atoms with Crippen molar-refractivity contribution in [2.24, 2.45) is 10.6 Å². The van der Waals surface area contributed by atoms with Gasteiger partial charge in [-0.1, -0.05) is 0 Å². The van der Waals surface area contributed by atoms with Crippen LogP contribution in [0.3, 0.4) is 0 Å². The summed E-state index contributed by atoms with van der Waals surface area (Å²) < 4.78 is 33.3. The van der Waals surface area contributed by atoms with Crippen molar-refractivity contribution in [1.82, 2.24) is 4.90 Å². The van der Waals surface area contributed by atoms with E-state index in [4.69, 9.17) is 14.6 Å². The van der Waals surface area contributed by atoms with Crippen LogP contribution >= 0.6 is 0 Å². The van der Waals surface area contributed by atoms with E-state index >= 15 is 0 Å². The molecule has 128 valence electrons. The number of ether oxygens (including phenoxy) is 2. The number of amides is 1. The third kappa shape index (κ3) is 4.82. The minimum absolute atomic E-state index is 0.0339. The van der Waals surface area contributed by atoms with E-state index in [1.165, 1.54) is 0 Å². The molecule has 0 aliphatic carbocycles. The molecular weight excluding hydrogens is 308 g/mol. The van der Waals surface area contributed by atoms with Gasteiger partial charge in [0.25, 0.3) is 0 Å². The summed E-state index contributed by atoms with van der Waals surface area (Å²) in [6.45, 7) is 7.30. The number of nitrogens with two attached hydrogens (primary N) is 1. The molecule has 0 aromatic heterocycles. The second-order valence-electron chi connectivity index (χ2n) is 7.43. The summed E-state index contributed by atoms with van der Waals surface area (Å²) in [6, 6.07) is 0. The van der Waals surface area contributed by atoms with Crippen LogP contribution in [0.2, 0.25) is 0 Å². The fourth-order valence-electron chi connectivity index (χ4n) is 3.10. The lowest BCUT2D eigenvalue weighted by Crippen LogP contribution is -2.45. The number of hydrogen-bond donors (Lipinski definition) is 1. The molecule has 2 saturated heterocycles. The van der Waals surface area contributed by atoms with Crippen molar-refractivity contribution in [3.05, 3.63) is 0 Å². The topological polar surface area (TPSA) is 98.9 Å². The summed E-state index contributed by atoms with van der Waals surface area (Å²) in [5.74, 6) is -0.134. The van der Waals surface area contributed by atoms with Crippen molar-refractivity contribution in [3.8, 4) is 0 Å². The molecule has 7 nitrogen and oxygen atoms in total. The average molecular weight is 334 g/mol. The van der Waals surface area contributed by atoms with Gasteiger partial charge in [0.2, 0.25) is 10.0 Å².